The summed E-state index contributed by atoms with van der Waals surface area (Å²) in [5.41, 5.74) is 0. The standard InChI is InChI=1S/C45H83NO8/c1-3-5-7-8-9-10-11-12-13-14-15-16-17-18-19-20-21-22-23-24-25-26-27-28-29-30-31-32-33-34-39(48)38(46-41(49)35-6-4-2)37-53-45-44(52)43(51)42(50)40(36-47)54-45/h25-26,29-30,33-34,38-40,42-45,47-48,50-52H,3-24,27-28,31-32,35-37H2,1-2H3,(H,46,49)/b26-25+,30-29+,34-33+. The van der Waals surface area contributed by atoms with Gasteiger partial charge in [0.1, 0.15) is 24.4 Å². The summed E-state index contributed by atoms with van der Waals surface area (Å²) in [6, 6.07) is -0.820. The summed E-state index contributed by atoms with van der Waals surface area (Å²) < 4.78 is 11.0. The number of rotatable bonds is 36. The zero-order chi connectivity index (χ0) is 39.5. The molecule has 7 atom stereocenters. The molecule has 54 heavy (non-hydrogen) atoms. The minimum absolute atomic E-state index is 0.209. The van der Waals surface area contributed by atoms with Crippen molar-refractivity contribution in [2.24, 2.45) is 0 Å². The van der Waals surface area contributed by atoms with Crippen LogP contribution in [-0.4, -0.2) is 87.5 Å². The molecule has 0 aliphatic carbocycles. The summed E-state index contributed by atoms with van der Waals surface area (Å²) in [6.45, 7) is 3.49. The number of nitrogens with one attached hydrogen (secondary N) is 1. The summed E-state index contributed by atoms with van der Waals surface area (Å²) in [5, 5.41) is 53.4. The van der Waals surface area contributed by atoms with Gasteiger partial charge in [-0.1, -0.05) is 172 Å². The van der Waals surface area contributed by atoms with Crippen molar-refractivity contribution in [3.8, 4) is 0 Å². The van der Waals surface area contributed by atoms with Crippen LogP contribution in [0, 0.1) is 0 Å². The van der Waals surface area contributed by atoms with Crippen molar-refractivity contribution in [1.29, 1.82) is 0 Å². The number of ether oxygens (including phenoxy) is 2. The van der Waals surface area contributed by atoms with E-state index in [2.05, 4.69) is 36.5 Å². The zero-order valence-corrected chi connectivity index (χ0v) is 34.5. The molecule has 0 aromatic carbocycles. The highest BCUT2D eigenvalue weighted by atomic mass is 16.7. The molecule has 7 unspecified atom stereocenters. The number of hydrogen-bond acceptors (Lipinski definition) is 8. The highest BCUT2D eigenvalue weighted by Gasteiger charge is 2.44. The number of hydrogen-bond donors (Lipinski definition) is 6. The Morgan fingerprint density at radius 1 is 0.611 bits per heavy atom. The highest BCUT2D eigenvalue weighted by molar-refractivity contribution is 5.76. The molecule has 1 fully saturated rings. The number of aliphatic hydroxyl groups is 5. The first kappa shape index (κ1) is 50.4. The predicted molar refractivity (Wildman–Crippen MR) is 221 cm³/mol. The molecule has 1 aliphatic heterocycles. The van der Waals surface area contributed by atoms with E-state index in [0.29, 0.717) is 12.8 Å². The van der Waals surface area contributed by atoms with E-state index in [1.165, 1.54) is 128 Å². The molecule has 0 aromatic heterocycles. The van der Waals surface area contributed by atoms with Crippen LogP contribution in [0.1, 0.15) is 187 Å². The summed E-state index contributed by atoms with van der Waals surface area (Å²) >= 11 is 0. The average Bonchev–Trinajstić information content (AvgIpc) is 3.17. The quantitative estimate of drug-likeness (QED) is 0.0274. The third kappa shape index (κ3) is 26.3. The first-order valence-electron chi connectivity index (χ1n) is 22.2. The fourth-order valence-electron chi connectivity index (χ4n) is 6.81. The van der Waals surface area contributed by atoms with Crippen molar-refractivity contribution in [2.75, 3.05) is 13.2 Å². The smallest absolute Gasteiger partial charge is 0.220 e. The van der Waals surface area contributed by atoms with Gasteiger partial charge in [0.05, 0.1) is 25.4 Å². The van der Waals surface area contributed by atoms with E-state index >= 15 is 0 Å². The average molecular weight is 766 g/mol. The van der Waals surface area contributed by atoms with Crippen molar-refractivity contribution >= 4 is 5.91 Å². The monoisotopic (exact) mass is 766 g/mol. The molecule has 0 bridgehead atoms. The summed E-state index contributed by atoms with van der Waals surface area (Å²) in [7, 11) is 0. The van der Waals surface area contributed by atoms with Gasteiger partial charge in [-0.05, 0) is 44.9 Å². The molecule has 1 saturated heterocycles. The van der Waals surface area contributed by atoms with Crippen LogP contribution in [0.2, 0.25) is 0 Å². The summed E-state index contributed by atoms with van der Waals surface area (Å²) in [4.78, 5) is 12.4. The van der Waals surface area contributed by atoms with Crippen LogP contribution in [0.5, 0.6) is 0 Å². The van der Waals surface area contributed by atoms with Gasteiger partial charge in [-0.25, -0.2) is 0 Å². The maximum atomic E-state index is 12.4. The molecule has 1 aliphatic rings. The molecule has 9 heteroatoms. The van der Waals surface area contributed by atoms with Gasteiger partial charge < -0.3 is 40.3 Å². The fraction of sp³-hybridized carbons (Fsp3) is 0.844. The Morgan fingerprint density at radius 2 is 1.06 bits per heavy atom. The van der Waals surface area contributed by atoms with Crippen molar-refractivity contribution in [2.45, 2.75) is 230 Å². The molecular weight excluding hydrogens is 682 g/mol. The van der Waals surface area contributed by atoms with E-state index in [9.17, 15) is 30.3 Å². The van der Waals surface area contributed by atoms with Gasteiger partial charge in [-0.2, -0.15) is 0 Å². The van der Waals surface area contributed by atoms with E-state index in [1.807, 2.05) is 13.0 Å². The Kier molecular flexibility index (Phi) is 33.4. The van der Waals surface area contributed by atoms with Crippen LogP contribution in [-0.2, 0) is 14.3 Å². The lowest BCUT2D eigenvalue weighted by molar-refractivity contribution is -0.302. The number of unbranched alkanes of at least 4 members (excludes halogenated alkanes) is 22. The van der Waals surface area contributed by atoms with Gasteiger partial charge in [0.25, 0.3) is 0 Å². The van der Waals surface area contributed by atoms with E-state index in [4.69, 9.17) is 9.47 Å². The fourth-order valence-corrected chi connectivity index (χ4v) is 6.81. The lowest BCUT2D eigenvalue weighted by Crippen LogP contribution is -2.60. The van der Waals surface area contributed by atoms with Crippen LogP contribution in [0.15, 0.2) is 36.5 Å². The molecule has 1 amide bonds. The van der Waals surface area contributed by atoms with Crippen LogP contribution in [0.25, 0.3) is 0 Å². The maximum absolute atomic E-state index is 12.4. The number of carbonyl (C=O) groups is 1. The Labute approximate surface area is 330 Å². The molecular formula is C45H83NO8. The number of carbonyl (C=O) groups excluding carboxylic acids is 1. The Hall–Kier alpha value is -1.59. The van der Waals surface area contributed by atoms with E-state index in [-0.39, 0.29) is 12.5 Å². The molecule has 1 rings (SSSR count). The van der Waals surface area contributed by atoms with Gasteiger partial charge >= 0.3 is 0 Å². The van der Waals surface area contributed by atoms with Crippen molar-refractivity contribution in [1.82, 2.24) is 5.32 Å². The number of aliphatic hydroxyl groups excluding tert-OH is 5. The van der Waals surface area contributed by atoms with E-state index < -0.39 is 49.5 Å². The Bertz CT molecular complexity index is 941. The molecule has 0 spiro atoms. The van der Waals surface area contributed by atoms with Gasteiger partial charge in [0.2, 0.25) is 5.91 Å². The van der Waals surface area contributed by atoms with Crippen molar-refractivity contribution < 1.29 is 39.8 Å². The predicted octanol–water partition coefficient (Wildman–Crippen LogP) is 8.89. The van der Waals surface area contributed by atoms with Gasteiger partial charge in [-0.15, -0.1) is 0 Å². The molecule has 316 valence electrons. The van der Waals surface area contributed by atoms with Gasteiger partial charge in [0, 0.05) is 6.42 Å². The van der Waals surface area contributed by atoms with Crippen LogP contribution >= 0.6 is 0 Å². The van der Waals surface area contributed by atoms with Crippen LogP contribution in [0.4, 0.5) is 0 Å². The third-order valence-electron chi connectivity index (χ3n) is 10.4. The largest absolute Gasteiger partial charge is 0.394 e. The SMILES string of the molecule is CCCCCCCCCCCCCCCCCCCCC/C=C/CC/C=C/CC/C=C/C(O)C(COC1OC(CO)C(O)C(O)C1O)NC(=O)CCCC. The maximum Gasteiger partial charge on any atom is 0.220 e. The Balaban J connectivity index is 2.10. The van der Waals surface area contributed by atoms with E-state index in [0.717, 1.165) is 32.1 Å². The van der Waals surface area contributed by atoms with Crippen molar-refractivity contribution in [3.63, 3.8) is 0 Å². The molecule has 0 aromatic rings. The Morgan fingerprint density at radius 3 is 1.54 bits per heavy atom. The second-order valence-corrected chi connectivity index (χ2v) is 15.5. The zero-order valence-electron chi connectivity index (χ0n) is 34.5. The minimum Gasteiger partial charge on any atom is -0.394 e. The van der Waals surface area contributed by atoms with Crippen molar-refractivity contribution in [3.05, 3.63) is 36.5 Å². The lowest BCUT2D eigenvalue weighted by Gasteiger charge is -2.40. The topological polar surface area (TPSA) is 149 Å². The molecule has 0 radical (unpaired) electrons. The first-order chi connectivity index (χ1) is 26.3. The number of allylic oxidation sites excluding steroid dienone is 5. The second kappa shape index (κ2) is 35.8. The summed E-state index contributed by atoms with van der Waals surface area (Å²) in [6.07, 6.45) is 37.7. The first-order valence-corrected chi connectivity index (χ1v) is 22.2. The molecule has 1 heterocycles. The van der Waals surface area contributed by atoms with Gasteiger partial charge in [-0.3, -0.25) is 4.79 Å². The normalized spacial score (nSPS) is 21.8. The van der Waals surface area contributed by atoms with E-state index in [1.54, 1.807) is 6.08 Å². The highest BCUT2D eigenvalue weighted by Crippen LogP contribution is 2.22. The lowest BCUT2D eigenvalue weighted by atomic mass is 9.99. The number of amides is 1. The molecule has 6 N–H and O–H groups in total. The second-order valence-electron chi connectivity index (χ2n) is 15.5. The summed E-state index contributed by atoms with van der Waals surface area (Å²) in [5.74, 6) is -0.228. The molecule has 9 nitrogen and oxygen atoms in total. The molecule has 0 saturated carbocycles. The third-order valence-corrected chi connectivity index (χ3v) is 10.4. The van der Waals surface area contributed by atoms with Crippen LogP contribution < -0.4 is 5.32 Å². The van der Waals surface area contributed by atoms with Gasteiger partial charge in [0.15, 0.2) is 6.29 Å². The van der Waals surface area contributed by atoms with Crippen LogP contribution in [0.3, 0.4) is 0 Å². The minimum atomic E-state index is -1.57.